The topological polar surface area (TPSA) is 92.7 Å². The number of hydrogen-bond acceptors (Lipinski definition) is 5. The van der Waals surface area contributed by atoms with Gasteiger partial charge in [0.1, 0.15) is 11.6 Å². The van der Waals surface area contributed by atoms with Gasteiger partial charge in [0.15, 0.2) is 5.78 Å². The average Bonchev–Trinajstić information content (AvgIpc) is 2.76. The third-order valence-corrected chi connectivity index (χ3v) is 4.04. The average molecular weight is 295 g/mol. The minimum absolute atomic E-state index is 0.00592. The summed E-state index contributed by atoms with van der Waals surface area (Å²) in [5, 5.41) is 11.8. The van der Waals surface area contributed by atoms with Gasteiger partial charge in [0.2, 0.25) is 0 Å². The molecule has 0 bridgehead atoms. The van der Waals surface area contributed by atoms with Crippen molar-refractivity contribution in [1.29, 1.82) is 0 Å². The Hall–Kier alpha value is -2.15. The van der Waals surface area contributed by atoms with Crippen LogP contribution in [-0.4, -0.2) is 29.6 Å². The Kier molecular flexibility index (Phi) is 4.19. The molecule has 0 fully saturated rings. The molecule has 1 aliphatic carbocycles. The first kappa shape index (κ1) is 14.3. The number of ether oxygens (including phenoxy) is 1. The molecule has 0 aromatic carbocycles. The minimum atomic E-state index is -1.16. The van der Waals surface area contributed by atoms with Crippen molar-refractivity contribution in [3.05, 3.63) is 28.7 Å². The number of aromatic carboxylic acids is 1. The number of carbonyl (C=O) groups is 3. The lowest BCUT2D eigenvalue weighted by Gasteiger charge is -2.09. The molecule has 106 valence electrons. The SMILES string of the molecule is C=CCOC(=O)Nc1sc2c(c1C(=O)O)CCCC2=O. The molecule has 20 heavy (non-hydrogen) atoms. The highest BCUT2D eigenvalue weighted by Crippen LogP contribution is 2.38. The molecule has 0 saturated carbocycles. The van der Waals surface area contributed by atoms with Crippen molar-refractivity contribution in [1.82, 2.24) is 0 Å². The van der Waals surface area contributed by atoms with E-state index >= 15 is 0 Å². The van der Waals surface area contributed by atoms with Gasteiger partial charge in [-0.2, -0.15) is 0 Å². The zero-order valence-electron chi connectivity index (χ0n) is 10.6. The Bertz CT molecular complexity index is 590. The lowest BCUT2D eigenvalue weighted by atomic mass is 9.95. The largest absolute Gasteiger partial charge is 0.478 e. The molecule has 0 radical (unpaired) electrons. The molecule has 0 saturated heterocycles. The van der Waals surface area contributed by atoms with E-state index in [0.717, 1.165) is 11.3 Å². The zero-order chi connectivity index (χ0) is 14.7. The number of carboxylic acid groups (broad SMARTS) is 1. The maximum absolute atomic E-state index is 11.8. The number of carboxylic acids is 1. The Labute approximate surface area is 119 Å². The molecular formula is C13H13NO5S. The fourth-order valence-electron chi connectivity index (χ4n) is 2.05. The number of anilines is 1. The third kappa shape index (κ3) is 2.72. The predicted octanol–water partition coefficient (Wildman–Crippen LogP) is 2.70. The van der Waals surface area contributed by atoms with Crippen LogP contribution in [0.15, 0.2) is 12.7 Å². The van der Waals surface area contributed by atoms with Crippen LogP contribution >= 0.6 is 11.3 Å². The molecule has 0 aliphatic heterocycles. The Morgan fingerprint density at radius 3 is 2.85 bits per heavy atom. The van der Waals surface area contributed by atoms with Crippen LogP contribution in [0.5, 0.6) is 0 Å². The second-order valence-corrected chi connectivity index (χ2v) is 5.23. The quantitative estimate of drug-likeness (QED) is 0.833. The van der Waals surface area contributed by atoms with E-state index in [0.29, 0.717) is 29.7 Å². The molecule has 0 spiro atoms. The summed E-state index contributed by atoms with van der Waals surface area (Å²) in [5.41, 5.74) is 0.506. The third-order valence-electron chi connectivity index (χ3n) is 2.85. The van der Waals surface area contributed by atoms with Gasteiger partial charge in [-0.1, -0.05) is 12.7 Å². The van der Waals surface area contributed by atoms with Crippen molar-refractivity contribution in [2.24, 2.45) is 0 Å². The Balaban J connectivity index is 2.33. The number of thiophene rings is 1. The monoisotopic (exact) mass is 295 g/mol. The van der Waals surface area contributed by atoms with Crippen LogP contribution in [0.25, 0.3) is 0 Å². The van der Waals surface area contributed by atoms with Gasteiger partial charge in [-0.25, -0.2) is 9.59 Å². The number of nitrogens with one attached hydrogen (secondary N) is 1. The molecule has 1 heterocycles. The van der Waals surface area contributed by atoms with Gasteiger partial charge in [-0.3, -0.25) is 10.1 Å². The molecule has 2 rings (SSSR count). The lowest BCUT2D eigenvalue weighted by Crippen LogP contribution is -2.15. The first-order valence-electron chi connectivity index (χ1n) is 6.01. The summed E-state index contributed by atoms with van der Waals surface area (Å²) in [6, 6.07) is 0. The van der Waals surface area contributed by atoms with Crippen LogP contribution in [0.2, 0.25) is 0 Å². The van der Waals surface area contributed by atoms with E-state index in [-0.39, 0.29) is 23.0 Å². The van der Waals surface area contributed by atoms with Gasteiger partial charge in [-0.05, 0) is 18.4 Å². The van der Waals surface area contributed by atoms with Gasteiger partial charge in [0, 0.05) is 6.42 Å². The molecule has 2 N–H and O–H groups in total. The van der Waals surface area contributed by atoms with Crippen LogP contribution in [0.3, 0.4) is 0 Å². The number of ketones is 1. The van der Waals surface area contributed by atoms with Crippen molar-refractivity contribution in [3.63, 3.8) is 0 Å². The summed E-state index contributed by atoms with van der Waals surface area (Å²) in [6.07, 6.45) is 2.21. The molecule has 1 amide bonds. The van der Waals surface area contributed by atoms with Crippen molar-refractivity contribution in [2.45, 2.75) is 19.3 Å². The molecule has 0 atom stereocenters. The first-order valence-corrected chi connectivity index (χ1v) is 6.83. The summed E-state index contributed by atoms with van der Waals surface area (Å²) in [5.74, 6) is -1.23. The van der Waals surface area contributed by atoms with Crippen LogP contribution < -0.4 is 5.32 Å². The van der Waals surface area contributed by atoms with Crippen molar-refractivity contribution >= 4 is 34.2 Å². The van der Waals surface area contributed by atoms with E-state index < -0.39 is 12.1 Å². The zero-order valence-corrected chi connectivity index (χ0v) is 11.4. The number of Topliss-reactive ketones (excluding diaryl/α,β-unsaturated/α-hetero) is 1. The lowest BCUT2D eigenvalue weighted by molar-refractivity contribution is 0.0697. The van der Waals surface area contributed by atoms with Gasteiger partial charge >= 0.3 is 12.1 Å². The summed E-state index contributed by atoms with van der Waals surface area (Å²) < 4.78 is 4.75. The summed E-state index contributed by atoms with van der Waals surface area (Å²) in [6.45, 7) is 3.43. The second-order valence-electron chi connectivity index (χ2n) is 4.21. The number of fused-ring (bicyclic) bond motifs is 1. The van der Waals surface area contributed by atoms with E-state index in [1.54, 1.807) is 0 Å². The Morgan fingerprint density at radius 2 is 2.20 bits per heavy atom. The number of carbonyl (C=O) groups excluding carboxylic acids is 2. The highest BCUT2D eigenvalue weighted by atomic mass is 32.1. The molecule has 0 unspecified atom stereocenters. The normalized spacial score (nSPS) is 13.5. The summed E-state index contributed by atoms with van der Waals surface area (Å²) in [7, 11) is 0. The molecule has 1 aliphatic rings. The van der Waals surface area contributed by atoms with Gasteiger partial charge < -0.3 is 9.84 Å². The molecule has 1 aromatic heterocycles. The van der Waals surface area contributed by atoms with Gasteiger partial charge in [0.05, 0.1) is 10.4 Å². The Morgan fingerprint density at radius 1 is 1.45 bits per heavy atom. The van der Waals surface area contributed by atoms with E-state index in [2.05, 4.69) is 11.9 Å². The standard InChI is InChI=1S/C13H13NO5S/c1-2-6-19-13(18)14-11-9(12(16)17)7-4-3-5-8(15)10(7)20-11/h2H,1,3-6H2,(H,14,18)(H,16,17). The van der Waals surface area contributed by atoms with Crippen molar-refractivity contribution < 1.29 is 24.2 Å². The van der Waals surface area contributed by atoms with Crippen LogP contribution in [0, 0.1) is 0 Å². The van der Waals surface area contributed by atoms with Crippen LogP contribution in [0.4, 0.5) is 9.80 Å². The highest BCUT2D eigenvalue weighted by Gasteiger charge is 2.30. The molecule has 1 aromatic rings. The van der Waals surface area contributed by atoms with E-state index in [9.17, 15) is 19.5 Å². The van der Waals surface area contributed by atoms with Crippen molar-refractivity contribution in [3.8, 4) is 0 Å². The first-order chi connectivity index (χ1) is 9.54. The smallest absolute Gasteiger partial charge is 0.412 e. The number of hydrogen-bond donors (Lipinski definition) is 2. The maximum Gasteiger partial charge on any atom is 0.412 e. The van der Waals surface area contributed by atoms with Crippen LogP contribution in [0.1, 0.15) is 38.4 Å². The van der Waals surface area contributed by atoms with E-state index in [4.69, 9.17) is 4.74 Å². The van der Waals surface area contributed by atoms with Gasteiger partial charge in [0.25, 0.3) is 0 Å². The fourth-order valence-corrected chi connectivity index (χ4v) is 3.24. The molecule has 6 nitrogen and oxygen atoms in total. The minimum Gasteiger partial charge on any atom is -0.478 e. The summed E-state index contributed by atoms with van der Waals surface area (Å²) in [4.78, 5) is 35.0. The molecular weight excluding hydrogens is 282 g/mol. The second kappa shape index (κ2) is 5.87. The van der Waals surface area contributed by atoms with E-state index in [1.807, 2.05) is 0 Å². The number of amides is 1. The van der Waals surface area contributed by atoms with Crippen molar-refractivity contribution in [2.75, 3.05) is 11.9 Å². The predicted molar refractivity (Wildman–Crippen MR) is 73.7 cm³/mol. The van der Waals surface area contributed by atoms with Gasteiger partial charge in [-0.15, -0.1) is 11.3 Å². The van der Waals surface area contributed by atoms with E-state index in [1.165, 1.54) is 6.08 Å². The highest BCUT2D eigenvalue weighted by molar-refractivity contribution is 7.18. The van der Waals surface area contributed by atoms with Crippen LogP contribution in [-0.2, 0) is 11.2 Å². The summed E-state index contributed by atoms with van der Waals surface area (Å²) >= 11 is 0.992. The molecule has 7 heteroatoms. The number of rotatable bonds is 4. The maximum atomic E-state index is 11.8. The fraction of sp³-hybridized carbons (Fsp3) is 0.308.